The molecule has 3 nitrogen and oxygen atoms in total. The predicted octanol–water partition coefficient (Wildman–Crippen LogP) is 1.47. The molecule has 0 aromatic rings. The van der Waals surface area contributed by atoms with E-state index in [0.29, 0.717) is 12.1 Å². The van der Waals surface area contributed by atoms with Crippen molar-refractivity contribution in [2.24, 2.45) is 5.92 Å². The number of hydrogen-bond acceptors (Lipinski definition) is 3. The van der Waals surface area contributed by atoms with Gasteiger partial charge < -0.3 is 10.1 Å². The fourth-order valence-electron chi connectivity index (χ4n) is 2.32. The number of esters is 1. The number of ether oxygens (including phenoxy) is 1. The third-order valence-electron chi connectivity index (χ3n) is 3.30. The molecule has 2 aliphatic rings. The lowest BCUT2D eigenvalue weighted by Crippen LogP contribution is -2.43. The molecule has 2 aliphatic carbocycles. The number of nitrogens with one attached hydrogen (secondary N) is 1. The molecule has 14 heavy (non-hydrogen) atoms. The van der Waals surface area contributed by atoms with Crippen molar-refractivity contribution in [3.05, 3.63) is 0 Å². The smallest absolute Gasteiger partial charge is 0.310 e. The molecule has 0 radical (unpaired) electrons. The van der Waals surface area contributed by atoms with Crippen LogP contribution in [0.5, 0.6) is 0 Å². The van der Waals surface area contributed by atoms with Crippen LogP contribution < -0.4 is 5.32 Å². The van der Waals surface area contributed by atoms with Gasteiger partial charge in [-0.15, -0.1) is 0 Å². The van der Waals surface area contributed by atoms with Crippen LogP contribution in [0.15, 0.2) is 0 Å². The van der Waals surface area contributed by atoms with E-state index in [4.69, 9.17) is 4.74 Å². The zero-order valence-corrected chi connectivity index (χ0v) is 8.79. The molecular weight excluding hydrogens is 178 g/mol. The molecule has 2 fully saturated rings. The Kier molecular flexibility index (Phi) is 3.06. The normalized spacial score (nSPS) is 32.6. The van der Waals surface area contributed by atoms with E-state index in [1.165, 1.54) is 32.8 Å². The second-order valence-corrected chi connectivity index (χ2v) is 4.46. The summed E-state index contributed by atoms with van der Waals surface area (Å²) in [4.78, 5) is 11.5. The van der Waals surface area contributed by atoms with E-state index >= 15 is 0 Å². The maximum Gasteiger partial charge on any atom is 0.310 e. The topological polar surface area (TPSA) is 38.3 Å². The molecule has 2 atom stereocenters. The van der Waals surface area contributed by atoms with Crippen LogP contribution in [-0.2, 0) is 9.53 Å². The van der Waals surface area contributed by atoms with Gasteiger partial charge in [0.1, 0.15) is 0 Å². The lowest BCUT2D eigenvalue weighted by Gasteiger charge is -2.30. The van der Waals surface area contributed by atoms with Gasteiger partial charge in [0.25, 0.3) is 0 Å². The average Bonchev–Trinajstić information content (AvgIpc) is 3.01. The summed E-state index contributed by atoms with van der Waals surface area (Å²) in [7, 11) is 1.49. The molecular formula is C11H19NO2. The van der Waals surface area contributed by atoms with Gasteiger partial charge in [0, 0.05) is 12.1 Å². The summed E-state index contributed by atoms with van der Waals surface area (Å²) in [5, 5.41) is 3.56. The molecule has 2 unspecified atom stereocenters. The summed E-state index contributed by atoms with van der Waals surface area (Å²) in [6.07, 6.45) is 7.11. The van der Waals surface area contributed by atoms with E-state index in [0.717, 1.165) is 12.8 Å². The van der Waals surface area contributed by atoms with Crippen molar-refractivity contribution in [2.75, 3.05) is 7.11 Å². The zero-order valence-electron chi connectivity index (χ0n) is 8.79. The molecule has 0 aromatic carbocycles. The first-order chi connectivity index (χ1) is 6.81. The van der Waals surface area contributed by atoms with Gasteiger partial charge in [-0.1, -0.05) is 12.8 Å². The summed E-state index contributed by atoms with van der Waals surface area (Å²) < 4.78 is 4.84. The highest BCUT2D eigenvalue weighted by atomic mass is 16.5. The molecule has 2 saturated carbocycles. The highest BCUT2D eigenvalue weighted by Crippen LogP contribution is 2.29. The van der Waals surface area contributed by atoms with Crippen molar-refractivity contribution >= 4 is 5.97 Å². The summed E-state index contributed by atoms with van der Waals surface area (Å²) in [5.74, 6) is 0.0807. The minimum atomic E-state index is -0.0251. The van der Waals surface area contributed by atoms with Crippen LogP contribution in [0.1, 0.15) is 38.5 Å². The molecule has 0 heterocycles. The molecule has 1 N–H and O–H groups in total. The highest BCUT2D eigenvalue weighted by molar-refractivity contribution is 5.73. The van der Waals surface area contributed by atoms with Crippen LogP contribution in [0, 0.1) is 5.92 Å². The van der Waals surface area contributed by atoms with Crippen LogP contribution in [0.2, 0.25) is 0 Å². The number of carbonyl (C=O) groups excluding carboxylic acids is 1. The van der Waals surface area contributed by atoms with Crippen LogP contribution in [0.4, 0.5) is 0 Å². The van der Waals surface area contributed by atoms with Gasteiger partial charge in [0.2, 0.25) is 0 Å². The number of rotatable bonds is 3. The van der Waals surface area contributed by atoms with Crippen molar-refractivity contribution < 1.29 is 9.53 Å². The second-order valence-electron chi connectivity index (χ2n) is 4.46. The maximum atomic E-state index is 11.5. The van der Waals surface area contributed by atoms with Crippen molar-refractivity contribution in [3.63, 3.8) is 0 Å². The van der Waals surface area contributed by atoms with Crippen LogP contribution >= 0.6 is 0 Å². The predicted molar refractivity (Wildman–Crippen MR) is 53.9 cm³/mol. The Bertz CT molecular complexity index is 213. The summed E-state index contributed by atoms with van der Waals surface area (Å²) in [5.41, 5.74) is 0. The van der Waals surface area contributed by atoms with Crippen LogP contribution in [0.25, 0.3) is 0 Å². The van der Waals surface area contributed by atoms with E-state index in [1.807, 2.05) is 0 Å². The van der Waals surface area contributed by atoms with Gasteiger partial charge >= 0.3 is 5.97 Å². The number of carbonyl (C=O) groups is 1. The fourth-order valence-corrected chi connectivity index (χ4v) is 2.32. The lowest BCUT2D eigenvalue weighted by molar-refractivity contribution is -0.147. The third-order valence-corrected chi connectivity index (χ3v) is 3.30. The Hall–Kier alpha value is -0.570. The monoisotopic (exact) mass is 197 g/mol. The lowest BCUT2D eigenvalue weighted by atomic mass is 9.84. The standard InChI is InChI=1S/C11H19NO2/c1-14-11(13)9-4-2-3-5-10(9)12-8-6-7-8/h8-10,12H,2-7H2,1H3. The van der Waals surface area contributed by atoms with Crippen LogP contribution in [0.3, 0.4) is 0 Å². The largest absolute Gasteiger partial charge is 0.469 e. The summed E-state index contributed by atoms with van der Waals surface area (Å²) in [6, 6.07) is 1.06. The van der Waals surface area contributed by atoms with Gasteiger partial charge in [-0.05, 0) is 25.7 Å². The maximum absolute atomic E-state index is 11.5. The van der Waals surface area contributed by atoms with Crippen LogP contribution in [-0.4, -0.2) is 25.2 Å². The Morgan fingerprint density at radius 1 is 1.21 bits per heavy atom. The molecule has 0 bridgehead atoms. The SMILES string of the molecule is COC(=O)C1CCCCC1NC1CC1. The molecule has 0 amide bonds. The second kappa shape index (κ2) is 4.30. The van der Waals surface area contributed by atoms with E-state index < -0.39 is 0 Å². The van der Waals surface area contributed by atoms with Crippen molar-refractivity contribution in [2.45, 2.75) is 50.6 Å². The first kappa shape index (κ1) is 9.97. The fraction of sp³-hybridized carbons (Fsp3) is 0.909. The molecule has 80 valence electrons. The quantitative estimate of drug-likeness (QED) is 0.696. The average molecular weight is 197 g/mol. The van der Waals surface area contributed by atoms with Gasteiger partial charge in [-0.3, -0.25) is 4.79 Å². The zero-order chi connectivity index (χ0) is 9.97. The van der Waals surface area contributed by atoms with E-state index in [2.05, 4.69) is 5.32 Å². The molecule has 0 aromatic heterocycles. The Morgan fingerprint density at radius 3 is 2.57 bits per heavy atom. The molecule has 2 rings (SSSR count). The molecule has 0 aliphatic heterocycles. The first-order valence-electron chi connectivity index (χ1n) is 5.65. The van der Waals surface area contributed by atoms with Gasteiger partial charge in [0.15, 0.2) is 0 Å². The van der Waals surface area contributed by atoms with Crippen molar-refractivity contribution in [1.29, 1.82) is 0 Å². The van der Waals surface area contributed by atoms with E-state index in [1.54, 1.807) is 0 Å². The Balaban J connectivity index is 1.91. The molecule has 0 saturated heterocycles. The van der Waals surface area contributed by atoms with Gasteiger partial charge in [0.05, 0.1) is 13.0 Å². The minimum absolute atomic E-state index is 0.0251. The first-order valence-corrected chi connectivity index (χ1v) is 5.65. The van der Waals surface area contributed by atoms with E-state index in [9.17, 15) is 4.79 Å². The minimum Gasteiger partial charge on any atom is -0.469 e. The van der Waals surface area contributed by atoms with Crippen molar-refractivity contribution in [3.8, 4) is 0 Å². The van der Waals surface area contributed by atoms with E-state index in [-0.39, 0.29) is 11.9 Å². The summed E-state index contributed by atoms with van der Waals surface area (Å²) >= 11 is 0. The third kappa shape index (κ3) is 2.27. The van der Waals surface area contributed by atoms with Crippen molar-refractivity contribution in [1.82, 2.24) is 5.32 Å². The molecule has 3 heteroatoms. The van der Waals surface area contributed by atoms with Gasteiger partial charge in [-0.2, -0.15) is 0 Å². The number of hydrogen-bond donors (Lipinski definition) is 1. The summed E-state index contributed by atoms with van der Waals surface area (Å²) in [6.45, 7) is 0. The highest BCUT2D eigenvalue weighted by Gasteiger charge is 2.35. The van der Waals surface area contributed by atoms with Gasteiger partial charge in [-0.25, -0.2) is 0 Å². The molecule has 0 spiro atoms. The number of methoxy groups -OCH3 is 1. The Morgan fingerprint density at radius 2 is 1.93 bits per heavy atom. The Labute approximate surface area is 85.2 Å².